The number of benzene rings is 2. The molecule has 0 atom stereocenters. The number of aliphatic carboxylic acids is 1. The van der Waals surface area contributed by atoms with Crippen LogP contribution in [0.2, 0.25) is 0 Å². The number of rotatable bonds is 6. The maximum Gasteiger partial charge on any atom is 0.323 e. The number of hydrogen-bond acceptors (Lipinski definition) is 4. The van der Waals surface area contributed by atoms with Crippen molar-refractivity contribution in [2.45, 2.75) is 13.5 Å². The number of nitrogens with zero attached hydrogens (tertiary/aromatic N) is 1. The fraction of sp³-hybridized carbons (Fsp3) is 0.200. The fourth-order valence-corrected chi connectivity index (χ4v) is 2.89. The molecule has 6 nitrogen and oxygen atoms in total. The van der Waals surface area contributed by atoms with E-state index in [0.717, 1.165) is 16.7 Å². The molecule has 0 spiro atoms. The summed E-state index contributed by atoms with van der Waals surface area (Å²) in [6.45, 7) is 1.57. The average Bonchev–Trinajstić information content (AvgIpc) is 2.99. The minimum absolute atomic E-state index is 0.137. The average molecular weight is 353 g/mol. The summed E-state index contributed by atoms with van der Waals surface area (Å²) in [5.74, 6) is -0.0786. The van der Waals surface area contributed by atoms with Crippen molar-refractivity contribution >= 4 is 22.8 Å². The molecule has 2 aromatic carbocycles. The standard InChI is InChI=1S/C20H19NO5/c1-13-9-16-10-14(7-8-18(16)26-13)20(24)21(12-19(22)23)11-15-5-3-4-6-17(15)25-2/h3-10H,11-12H2,1-2H3,(H,22,23). The third kappa shape index (κ3) is 3.69. The molecule has 3 rings (SSSR count). The highest BCUT2D eigenvalue weighted by Crippen LogP contribution is 2.23. The Morgan fingerprint density at radius 3 is 2.65 bits per heavy atom. The Morgan fingerprint density at radius 1 is 1.15 bits per heavy atom. The van der Waals surface area contributed by atoms with Crippen molar-refractivity contribution in [3.8, 4) is 5.75 Å². The maximum absolute atomic E-state index is 12.9. The van der Waals surface area contributed by atoms with Crippen LogP contribution in [0.15, 0.2) is 52.9 Å². The molecule has 0 bridgehead atoms. The highest BCUT2D eigenvalue weighted by molar-refractivity contribution is 5.99. The molecule has 0 aliphatic rings. The van der Waals surface area contributed by atoms with E-state index in [4.69, 9.17) is 9.15 Å². The molecule has 1 heterocycles. The number of aryl methyl sites for hydroxylation is 1. The van der Waals surface area contributed by atoms with Gasteiger partial charge in [-0.05, 0) is 37.3 Å². The van der Waals surface area contributed by atoms with Gasteiger partial charge in [-0.1, -0.05) is 18.2 Å². The number of carbonyl (C=O) groups is 2. The Balaban J connectivity index is 1.92. The van der Waals surface area contributed by atoms with Crippen LogP contribution in [-0.2, 0) is 11.3 Å². The van der Waals surface area contributed by atoms with Crippen molar-refractivity contribution in [1.82, 2.24) is 4.90 Å². The summed E-state index contributed by atoms with van der Waals surface area (Å²) in [6, 6.07) is 14.1. The van der Waals surface area contributed by atoms with Crippen molar-refractivity contribution in [1.29, 1.82) is 0 Å². The number of carboxylic acid groups (broad SMARTS) is 1. The van der Waals surface area contributed by atoms with Crippen molar-refractivity contribution in [3.05, 3.63) is 65.4 Å². The topological polar surface area (TPSA) is 80.0 Å². The minimum Gasteiger partial charge on any atom is -0.496 e. The van der Waals surface area contributed by atoms with Gasteiger partial charge in [-0.25, -0.2) is 0 Å². The molecule has 1 amide bonds. The van der Waals surface area contributed by atoms with Gasteiger partial charge in [-0.15, -0.1) is 0 Å². The van der Waals surface area contributed by atoms with Crippen LogP contribution in [0, 0.1) is 6.92 Å². The number of amides is 1. The van der Waals surface area contributed by atoms with Gasteiger partial charge in [0.05, 0.1) is 13.7 Å². The number of carboxylic acids is 1. The lowest BCUT2D eigenvalue weighted by Crippen LogP contribution is -2.35. The number of methoxy groups -OCH3 is 1. The summed E-state index contributed by atoms with van der Waals surface area (Å²) in [7, 11) is 1.54. The Hall–Kier alpha value is -3.28. The monoisotopic (exact) mass is 353 g/mol. The van der Waals surface area contributed by atoms with Crippen LogP contribution in [0.25, 0.3) is 11.0 Å². The highest BCUT2D eigenvalue weighted by atomic mass is 16.5. The lowest BCUT2D eigenvalue weighted by molar-refractivity contribution is -0.137. The number of para-hydroxylation sites is 1. The zero-order chi connectivity index (χ0) is 18.7. The predicted molar refractivity (Wildman–Crippen MR) is 96.3 cm³/mol. The van der Waals surface area contributed by atoms with Crippen LogP contribution in [0.3, 0.4) is 0 Å². The second-order valence-electron chi connectivity index (χ2n) is 5.98. The summed E-state index contributed by atoms with van der Waals surface area (Å²) in [4.78, 5) is 25.5. The first kappa shape index (κ1) is 17.5. The molecule has 0 radical (unpaired) electrons. The van der Waals surface area contributed by atoms with Gasteiger partial charge in [-0.3, -0.25) is 9.59 Å². The zero-order valence-electron chi connectivity index (χ0n) is 14.6. The van der Waals surface area contributed by atoms with Crippen LogP contribution in [-0.4, -0.2) is 35.5 Å². The van der Waals surface area contributed by atoms with Crippen molar-refractivity contribution in [2.75, 3.05) is 13.7 Å². The molecule has 3 aromatic rings. The third-order valence-electron chi connectivity index (χ3n) is 4.05. The van der Waals surface area contributed by atoms with E-state index < -0.39 is 12.5 Å². The molecule has 1 N–H and O–H groups in total. The zero-order valence-corrected chi connectivity index (χ0v) is 14.6. The second kappa shape index (κ2) is 7.31. The summed E-state index contributed by atoms with van der Waals surface area (Å²) < 4.78 is 10.8. The van der Waals surface area contributed by atoms with Crippen LogP contribution >= 0.6 is 0 Å². The number of ether oxygens (including phenoxy) is 1. The fourth-order valence-electron chi connectivity index (χ4n) is 2.89. The molecule has 0 saturated carbocycles. The molecule has 134 valence electrons. The number of fused-ring (bicyclic) bond motifs is 1. The number of hydrogen-bond donors (Lipinski definition) is 1. The van der Waals surface area contributed by atoms with E-state index in [1.807, 2.05) is 31.2 Å². The van der Waals surface area contributed by atoms with E-state index in [2.05, 4.69) is 0 Å². The van der Waals surface area contributed by atoms with Gasteiger partial charge in [-0.2, -0.15) is 0 Å². The number of carbonyl (C=O) groups excluding carboxylic acids is 1. The van der Waals surface area contributed by atoms with Crippen LogP contribution in [0.1, 0.15) is 21.7 Å². The summed E-state index contributed by atoms with van der Waals surface area (Å²) in [5, 5.41) is 10.0. The van der Waals surface area contributed by atoms with Crippen molar-refractivity contribution in [2.24, 2.45) is 0 Å². The van der Waals surface area contributed by atoms with E-state index in [1.54, 1.807) is 24.3 Å². The van der Waals surface area contributed by atoms with Gasteiger partial charge in [0.25, 0.3) is 5.91 Å². The predicted octanol–water partition coefficient (Wildman–Crippen LogP) is 3.48. The normalized spacial score (nSPS) is 10.7. The van der Waals surface area contributed by atoms with Gasteiger partial charge in [0.2, 0.25) is 0 Å². The third-order valence-corrected chi connectivity index (χ3v) is 4.05. The van der Waals surface area contributed by atoms with Gasteiger partial charge >= 0.3 is 5.97 Å². The van der Waals surface area contributed by atoms with E-state index >= 15 is 0 Å². The molecule has 0 aliphatic carbocycles. The van der Waals surface area contributed by atoms with Gasteiger partial charge in [0.15, 0.2) is 0 Å². The van der Waals surface area contributed by atoms with Gasteiger partial charge in [0, 0.05) is 16.5 Å². The summed E-state index contributed by atoms with van der Waals surface area (Å²) >= 11 is 0. The van der Waals surface area contributed by atoms with Crippen LogP contribution in [0.4, 0.5) is 0 Å². The molecular formula is C20H19NO5. The molecule has 6 heteroatoms. The largest absolute Gasteiger partial charge is 0.496 e. The second-order valence-corrected chi connectivity index (χ2v) is 5.98. The first-order chi connectivity index (χ1) is 12.5. The van der Waals surface area contributed by atoms with Gasteiger partial charge < -0.3 is 19.2 Å². The molecule has 0 fully saturated rings. The first-order valence-electron chi connectivity index (χ1n) is 8.11. The van der Waals surface area contributed by atoms with E-state index in [1.165, 1.54) is 12.0 Å². The van der Waals surface area contributed by atoms with Gasteiger partial charge in [0.1, 0.15) is 23.6 Å². The molecule has 0 unspecified atom stereocenters. The molecule has 1 aromatic heterocycles. The van der Waals surface area contributed by atoms with Crippen LogP contribution in [0.5, 0.6) is 5.75 Å². The minimum atomic E-state index is -1.08. The molecule has 0 saturated heterocycles. The molecule has 0 aliphatic heterocycles. The Bertz CT molecular complexity index is 960. The van der Waals surface area contributed by atoms with E-state index in [0.29, 0.717) is 16.9 Å². The van der Waals surface area contributed by atoms with E-state index in [9.17, 15) is 14.7 Å². The Morgan fingerprint density at radius 2 is 1.92 bits per heavy atom. The smallest absolute Gasteiger partial charge is 0.323 e. The highest BCUT2D eigenvalue weighted by Gasteiger charge is 2.21. The van der Waals surface area contributed by atoms with Crippen molar-refractivity contribution < 1.29 is 23.8 Å². The first-order valence-corrected chi connectivity index (χ1v) is 8.11. The maximum atomic E-state index is 12.9. The number of furan rings is 1. The summed E-state index contributed by atoms with van der Waals surface area (Å²) in [6.07, 6.45) is 0. The lowest BCUT2D eigenvalue weighted by atomic mass is 10.1. The quantitative estimate of drug-likeness (QED) is 0.734. The SMILES string of the molecule is COc1ccccc1CN(CC(=O)O)C(=O)c1ccc2oc(C)cc2c1. The Labute approximate surface area is 150 Å². The van der Waals surface area contributed by atoms with Crippen molar-refractivity contribution in [3.63, 3.8) is 0 Å². The van der Waals surface area contributed by atoms with E-state index in [-0.39, 0.29) is 12.5 Å². The lowest BCUT2D eigenvalue weighted by Gasteiger charge is -2.22. The Kier molecular flexibility index (Phi) is 4.93. The molecular weight excluding hydrogens is 334 g/mol. The summed E-state index contributed by atoms with van der Waals surface area (Å²) in [5.41, 5.74) is 1.84. The van der Waals surface area contributed by atoms with Crippen LogP contribution < -0.4 is 4.74 Å². The molecule has 26 heavy (non-hydrogen) atoms.